The molecule has 0 aliphatic carbocycles. The number of hydrogen-bond donors (Lipinski definition) is 4. The molecule has 4 N–H and O–H groups in total. The number of nitrogens with one attached hydrogen (secondary N) is 4. The van der Waals surface area contributed by atoms with Gasteiger partial charge in [0.25, 0.3) is 0 Å². The third-order valence-electron chi connectivity index (χ3n) is 10.6. The van der Waals surface area contributed by atoms with E-state index in [4.69, 9.17) is 14.5 Å². The number of aromatic nitrogens is 4. The first-order valence-electron chi connectivity index (χ1n) is 19.3. The van der Waals surface area contributed by atoms with E-state index in [1.807, 2.05) is 38.7 Å². The van der Waals surface area contributed by atoms with E-state index >= 15 is 0 Å². The van der Waals surface area contributed by atoms with Crippen molar-refractivity contribution in [3.63, 3.8) is 0 Å². The van der Waals surface area contributed by atoms with Gasteiger partial charge in [-0.1, -0.05) is 39.7 Å². The van der Waals surface area contributed by atoms with E-state index < -0.39 is 24.3 Å². The van der Waals surface area contributed by atoms with Gasteiger partial charge in [-0.3, -0.25) is 9.59 Å². The molecule has 1 aromatic carbocycles. The van der Waals surface area contributed by atoms with Crippen molar-refractivity contribution < 1.29 is 28.7 Å². The summed E-state index contributed by atoms with van der Waals surface area (Å²) in [5, 5.41) is 9.57. The summed E-state index contributed by atoms with van der Waals surface area (Å²) in [6, 6.07) is 4.31. The van der Waals surface area contributed by atoms with Gasteiger partial charge < -0.3 is 39.9 Å². The van der Waals surface area contributed by atoms with Gasteiger partial charge in [0, 0.05) is 29.4 Å². The highest BCUT2D eigenvalue weighted by molar-refractivity contribution is 7.27. The fraction of sp³-hybridized carbons (Fsp3) is 0.429. The molecule has 0 unspecified atom stereocenters. The van der Waals surface area contributed by atoms with Gasteiger partial charge in [0.2, 0.25) is 11.8 Å². The smallest absolute Gasteiger partial charge is 0.407 e. The third-order valence-corrected chi connectivity index (χ3v) is 12.8. The lowest BCUT2D eigenvalue weighted by molar-refractivity contribution is -0.136. The van der Waals surface area contributed by atoms with E-state index in [-0.39, 0.29) is 35.7 Å². The molecular formula is C42H46N8O6S2. The third kappa shape index (κ3) is 8.26. The Morgan fingerprint density at radius 3 is 2.03 bits per heavy atom. The van der Waals surface area contributed by atoms with Crippen LogP contribution in [0.2, 0.25) is 0 Å². The number of carbonyl (C=O) groups excluding carboxylic acids is 4. The van der Waals surface area contributed by atoms with Crippen molar-refractivity contribution >= 4 is 67.1 Å². The molecule has 0 spiro atoms. The predicted octanol–water partition coefficient (Wildman–Crippen LogP) is 6.72. The molecule has 0 saturated carbocycles. The van der Waals surface area contributed by atoms with Crippen molar-refractivity contribution in [3.8, 4) is 34.8 Å². The quantitative estimate of drug-likeness (QED) is 0.119. The van der Waals surface area contributed by atoms with E-state index in [2.05, 4.69) is 72.2 Å². The zero-order valence-corrected chi connectivity index (χ0v) is 34.9. The van der Waals surface area contributed by atoms with Gasteiger partial charge in [-0.15, -0.1) is 22.7 Å². The summed E-state index contributed by atoms with van der Waals surface area (Å²) in [7, 11) is 2.57. The van der Waals surface area contributed by atoms with Gasteiger partial charge in [0.1, 0.15) is 29.4 Å². The van der Waals surface area contributed by atoms with E-state index in [1.165, 1.54) is 14.2 Å². The fourth-order valence-electron chi connectivity index (χ4n) is 7.61. The summed E-state index contributed by atoms with van der Waals surface area (Å²) in [4.78, 5) is 70.8. The van der Waals surface area contributed by atoms with E-state index in [1.54, 1.807) is 33.8 Å². The summed E-state index contributed by atoms with van der Waals surface area (Å²) in [5.74, 6) is 13.1. The van der Waals surface area contributed by atoms with E-state index in [0.717, 1.165) is 68.6 Å². The first-order valence-corrected chi connectivity index (χ1v) is 21.1. The number of ether oxygens (including phenoxy) is 2. The van der Waals surface area contributed by atoms with Gasteiger partial charge in [-0.25, -0.2) is 19.6 Å². The maximum Gasteiger partial charge on any atom is 0.407 e. The van der Waals surface area contributed by atoms with Crippen LogP contribution in [0.1, 0.15) is 88.4 Å². The molecule has 6 heterocycles. The second kappa shape index (κ2) is 17.3. The maximum atomic E-state index is 13.6. The van der Waals surface area contributed by atoms with Gasteiger partial charge in [0.05, 0.1) is 58.5 Å². The summed E-state index contributed by atoms with van der Waals surface area (Å²) in [6.07, 6.45) is 3.59. The van der Waals surface area contributed by atoms with Crippen LogP contribution in [0.4, 0.5) is 9.59 Å². The zero-order chi connectivity index (χ0) is 41.1. The second-order valence-corrected chi connectivity index (χ2v) is 16.8. The summed E-state index contributed by atoms with van der Waals surface area (Å²) in [5.41, 5.74) is 5.38. The number of alkyl carbamates (subject to hydrolysis) is 2. The van der Waals surface area contributed by atoms with Crippen molar-refractivity contribution in [2.24, 2.45) is 11.8 Å². The number of amides is 4. The topological polar surface area (TPSA) is 175 Å². The zero-order valence-electron chi connectivity index (χ0n) is 33.2. The minimum absolute atomic E-state index is 0.112. The summed E-state index contributed by atoms with van der Waals surface area (Å²) < 4.78 is 11.7. The molecule has 2 aliphatic heterocycles. The van der Waals surface area contributed by atoms with Crippen LogP contribution in [0.3, 0.4) is 0 Å². The largest absolute Gasteiger partial charge is 0.453 e. The van der Waals surface area contributed by atoms with Crippen molar-refractivity contribution in [3.05, 3.63) is 58.1 Å². The lowest BCUT2D eigenvalue weighted by atomic mass is 10.0. The number of benzene rings is 1. The molecular weight excluding hydrogens is 777 g/mol. The Balaban J connectivity index is 1.04. The normalized spacial score (nSPS) is 17.5. The van der Waals surface area contributed by atoms with Crippen molar-refractivity contribution in [2.75, 3.05) is 27.3 Å². The van der Waals surface area contributed by atoms with Crippen LogP contribution in [-0.4, -0.2) is 93.1 Å². The molecule has 2 aliphatic rings. The lowest BCUT2D eigenvalue weighted by Crippen LogP contribution is -2.51. The van der Waals surface area contributed by atoms with Gasteiger partial charge in [0.15, 0.2) is 0 Å². The second-order valence-electron chi connectivity index (χ2n) is 15.1. The minimum Gasteiger partial charge on any atom is -0.453 e. The number of hydrogen-bond acceptors (Lipinski definition) is 10. The highest BCUT2D eigenvalue weighted by Crippen LogP contribution is 2.41. The molecule has 2 fully saturated rings. The van der Waals surface area contributed by atoms with Crippen molar-refractivity contribution in [2.45, 2.75) is 77.5 Å². The van der Waals surface area contributed by atoms with E-state index in [9.17, 15) is 19.2 Å². The number of likely N-dealkylation sites (tertiary alicyclic amines) is 2. The Morgan fingerprint density at radius 2 is 1.41 bits per heavy atom. The average Bonchev–Trinajstić information content (AvgIpc) is 4.07. The number of aromatic amines is 2. The summed E-state index contributed by atoms with van der Waals surface area (Å²) in [6.45, 7) is 8.74. The lowest BCUT2D eigenvalue weighted by Gasteiger charge is -2.29. The van der Waals surface area contributed by atoms with Gasteiger partial charge in [-0.2, -0.15) is 0 Å². The molecule has 0 radical (unpaired) electrons. The molecule has 302 valence electrons. The van der Waals surface area contributed by atoms with Crippen LogP contribution >= 0.6 is 22.7 Å². The average molecular weight is 823 g/mol. The van der Waals surface area contributed by atoms with Crippen LogP contribution < -0.4 is 10.6 Å². The fourth-order valence-corrected chi connectivity index (χ4v) is 9.93. The molecule has 16 heteroatoms. The van der Waals surface area contributed by atoms with Crippen molar-refractivity contribution in [1.29, 1.82) is 0 Å². The first-order chi connectivity index (χ1) is 28.0. The van der Waals surface area contributed by atoms with Crippen LogP contribution in [0.25, 0.3) is 31.6 Å². The number of fused-ring (bicyclic) bond motifs is 2. The van der Waals surface area contributed by atoms with Gasteiger partial charge >= 0.3 is 12.2 Å². The molecule has 14 nitrogen and oxygen atoms in total. The Labute approximate surface area is 344 Å². The van der Waals surface area contributed by atoms with Crippen LogP contribution in [0.15, 0.2) is 35.2 Å². The maximum absolute atomic E-state index is 13.6. The highest BCUT2D eigenvalue weighted by atomic mass is 32.1. The number of rotatable bonds is 9. The predicted molar refractivity (Wildman–Crippen MR) is 223 cm³/mol. The Hall–Kier alpha value is -5.84. The molecule has 4 amide bonds. The molecule has 7 rings (SSSR count). The van der Waals surface area contributed by atoms with Crippen LogP contribution in [0.5, 0.6) is 0 Å². The number of nitrogens with zero attached hydrogens (tertiary/aromatic N) is 4. The number of H-pyrrole nitrogens is 2. The van der Waals surface area contributed by atoms with Crippen LogP contribution in [0, 0.1) is 35.5 Å². The van der Waals surface area contributed by atoms with Crippen LogP contribution in [-0.2, 0) is 19.1 Å². The number of methoxy groups -OCH3 is 2. The standard InChI is InChI=1S/C42H46N8O6S2/c1-23(2)33(47-41(53)55-5)39(51)49-17-9-13-31(49)37-43-20-27(44-37)12-8-7-11-26-21-57-36-28(22-58-35(26)36)25-15-16-29-30(19-25)46-38(45-29)32-14-10-18-50(32)40(52)34(24(3)4)48-42(54)56-6/h15-16,19-24,31-34H,9-10,13-14,17-18H2,1-6H3,(H,43,44)(H,45,46)(H,47,53)(H,48,54)/t31-,32-,33-,34-/m0/s1. The highest BCUT2D eigenvalue weighted by Gasteiger charge is 2.39. The summed E-state index contributed by atoms with van der Waals surface area (Å²) >= 11 is 3.28. The Morgan fingerprint density at radius 1 is 0.810 bits per heavy atom. The van der Waals surface area contributed by atoms with Gasteiger partial charge in [-0.05, 0) is 73.0 Å². The monoisotopic (exact) mass is 822 g/mol. The molecule has 58 heavy (non-hydrogen) atoms. The molecule has 4 atom stereocenters. The number of carbonyl (C=O) groups is 4. The molecule has 0 bridgehead atoms. The Kier molecular flexibility index (Phi) is 12.1. The van der Waals surface area contributed by atoms with E-state index in [0.29, 0.717) is 24.6 Å². The number of thiophene rings is 2. The number of imidazole rings is 2. The molecule has 5 aromatic rings. The minimum atomic E-state index is -0.703. The Bertz CT molecular complexity index is 2470. The molecule has 4 aromatic heterocycles. The SMILES string of the molecule is COC(=O)N[C@H](C(=O)N1CCC[C@H]1c1ncc(C#CC#Cc2csc3c(-c4ccc5nc([C@@H]6CCCN6C(=O)[C@@H](NC(=O)OC)C(C)C)[nH]c5c4)csc23)[nH]1)C(C)C. The van der Waals surface area contributed by atoms with Crippen molar-refractivity contribution in [1.82, 2.24) is 40.4 Å². The molecule has 2 saturated heterocycles. The first kappa shape index (κ1) is 40.4.